The molecule has 0 saturated carbocycles. The Morgan fingerprint density at radius 1 is 1.53 bits per heavy atom. The second-order valence-electron chi connectivity index (χ2n) is 3.13. The number of carbonyl (C=O) groups is 1. The summed E-state index contributed by atoms with van der Waals surface area (Å²) >= 11 is 0. The molecule has 1 aromatic rings. The van der Waals surface area contributed by atoms with Crippen LogP contribution in [0.2, 0.25) is 0 Å². The van der Waals surface area contributed by atoms with E-state index in [0.717, 1.165) is 11.3 Å². The molecule has 1 amide bonds. The van der Waals surface area contributed by atoms with Crippen LogP contribution in [0.15, 0.2) is 18.2 Å². The number of para-hydroxylation sites is 1. The normalized spacial score (nSPS) is 9.13. The molecule has 0 aliphatic rings. The second-order valence-corrected chi connectivity index (χ2v) is 3.13. The lowest BCUT2D eigenvalue weighted by molar-refractivity contribution is -0.115. The number of anilines is 2. The molecule has 0 aliphatic carbocycles. The molecule has 0 heterocycles. The monoisotopic (exact) mass is 203 g/mol. The molecule has 4 nitrogen and oxygen atoms in total. The largest absolute Gasteiger partial charge is 0.386 e. The fourth-order valence-corrected chi connectivity index (χ4v) is 1.37. The summed E-state index contributed by atoms with van der Waals surface area (Å²) < 4.78 is 0. The average Bonchev–Trinajstić information content (AvgIpc) is 2.18. The third-order valence-electron chi connectivity index (χ3n) is 2.04. The Bertz CT molecular complexity index is 407. The molecule has 0 spiro atoms. The minimum Gasteiger partial charge on any atom is -0.386 e. The smallest absolute Gasteiger partial charge is 0.238 e. The molecule has 4 heteroatoms. The summed E-state index contributed by atoms with van der Waals surface area (Å²) in [5.41, 5.74) is 2.63. The first-order valence-electron chi connectivity index (χ1n) is 4.63. The molecule has 0 unspecified atom stereocenters. The summed E-state index contributed by atoms with van der Waals surface area (Å²) in [7, 11) is 1.79. The van der Waals surface area contributed by atoms with E-state index in [1.807, 2.05) is 25.1 Å². The van der Waals surface area contributed by atoms with E-state index >= 15 is 0 Å². The van der Waals surface area contributed by atoms with Crippen molar-refractivity contribution >= 4 is 17.3 Å². The van der Waals surface area contributed by atoms with E-state index in [2.05, 4.69) is 10.6 Å². The SMILES string of the molecule is CNc1c(C)cccc1NC(=O)CC#N. The quantitative estimate of drug-likeness (QED) is 0.788. The summed E-state index contributed by atoms with van der Waals surface area (Å²) in [6.07, 6.45) is -0.128. The Morgan fingerprint density at radius 3 is 2.87 bits per heavy atom. The van der Waals surface area contributed by atoms with E-state index in [-0.39, 0.29) is 12.3 Å². The zero-order valence-corrected chi connectivity index (χ0v) is 8.79. The van der Waals surface area contributed by atoms with Crippen molar-refractivity contribution in [2.75, 3.05) is 17.7 Å². The van der Waals surface area contributed by atoms with Crippen LogP contribution < -0.4 is 10.6 Å². The van der Waals surface area contributed by atoms with Gasteiger partial charge in [-0.2, -0.15) is 5.26 Å². The Balaban J connectivity index is 2.90. The third kappa shape index (κ3) is 2.71. The van der Waals surface area contributed by atoms with E-state index in [1.54, 1.807) is 13.1 Å². The van der Waals surface area contributed by atoms with Crippen molar-refractivity contribution in [3.05, 3.63) is 23.8 Å². The Hall–Kier alpha value is -2.02. The van der Waals surface area contributed by atoms with Gasteiger partial charge in [-0.05, 0) is 18.6 Å². The zero-order chi connectivity index (χ0) is 11.3. The Kier molecular flexibility index (Phi) is 3.69. The Labute approximate surface area is 88.9 Å². The highest BCUT2D eigenvalue weighted by Crippen LogP contribution is 2.24. The average molecular weight is 203 g/mol. The van der Waals surface area contributed by atoms with Gasteiger partial charge in [0.25, 0.3) is 0 Å². The van der Waals surface area contributed by atoms with Crippen molar-refractivity contribution in [1.82, 2.24) is 0 Å². The van der Waals surface area contributed by atoms with Gasteiger partial charge in [-0.3, -0.25) is 4.79 Å². The fourth-order valence-electron chi connectivity index (χ4n) is 1.37. The summed E-state index contributed by atoms with van der Waals surface area (Å²) in [4.78, 5) is 11.2. The predicted octanol–water partition coefficient (Wildman–Crippen LogP) is 1.89. The number of nitrogens with one attached hydrogen (secondary N) is 2. The molecule has 78 valence electrons. The van der Waals surface area contributed by atoms with E-state index in [0.29, 0.717) is 5.69 Å². The summed E-state index contributed by atoms with van der Waals surface area (Å²) in [6.45, 7) is 1.95. The van der Waals surface area contributed by atoms with E-state index in [1.165, 1.54) is 0 Å². The van der Waals surface area contributed by atoms with Crippen LogP contribution >= 0.6 is 0 Å². The van der Waals surface area contributed by atoms with Crippen LogP contribution in [0, 0.1) is 18.3 Å². The lowest BCUT2D eigenvalue weighted by Gasteiger charge is -2.12. The maximum atomic E-state index is 11.2. The van der Waals surface area contributed by atoms with Crippen molar-refractivity contribution < 1.29 is 4.79 Å². The van der Waals surface area contributed by atoms with Crippen LogP contribution in [0.25, 0.3) is 0 Å². The molecule has 2 N–H and O–H groups in total. The van der Waals surface area contributed by atoms with Crippen LogP contribution in [0.5, 0.6) is 0 Å². The van der Waals surface area contributed by atoms with Crippen molar-refractivity contribution in [1.29, 1.82) is 5.26 Å². The third-order valence-corrected chi connectivity index (χ3v) is 2.04. The minimum absolute atomic E-state index is 0.128. The van der Waals surface area contributed by atoms with Crippen LogP contribution in [-0.2, 0) is 4.79 Å². The Morgan fingerprint density at radius 2 is 2.27 bits per heavy atom. The maximum absolute atomic E-state index is 11.2. The standard InChI is InChI=1S/C11H13N3O/c1-8-4-3-5-9(11(8)13-2)14-10(15)6-7-12/h3-5,13H,6H2,1-2H3,(H,14,15). The van der Waals surface area contributed by atoms with Crippen molar-refractivity contribution in [2.24, 2.45) is 0 Å². The second kappa shape index (κ2) is 5.01. The molecular formula is C11H13N3O. The van der Waals surface area contributed by atoms with Gasteiger partial charge in [0.2, 0.25) is 5.91 Å². The number of aryl methyl sites for hydroxylation is 1. The zero-order valence-electron chi connectivity index (χ0n) is 8.79. The number of carbonyl (C=O) groups excluding carboxylic acids is 1. The summed E-state index contributed by atoms with van der Waals surface area (Å²) in [6, 6.07) is 7.42. The van der Waals surface area contributed by atoms with Gasteiger partial charge >= 0.3 is 0 Å². The highest BCUT2D eigenvalue weighted by Gasteiger charge is 2.06. The molecule has 0 bridgehead atoms. The van der Waals surface area contributed by atoms with Gasteiger partial charge in [-0.15, -0.1) is 0 Å². The molecule has 1 rings (SSSR count). The van der Waals surface area contributed by atoms with Gasteiger partial charge in [0, 0.05) is 7.05 Å². The molecule has 0 aliphatic heterocycles. The molecule has 0 fully saturated rings. The highest BCUT2D eigenvalue weighted by atomic mass is 16.1. The van der Waals surface area contributed by atoms with Crippen molar-refractivity contribution in [3.63, 3.8) is 0 Å². The van der Waals surface area contributed by atoms with E-state index < -0.39 is 0 Å². The first-order chi connectivity index (χ1) is 7.19. The number of rotatable bonds is 3. The van der Waals surface area contributed by atoms with Crippen LogP contribution in [0.1, 0.15) is 12.0 Å². The van der Waals surface area contributed by atoms with Crippen LogP contribution in [0.4, 0.5) is 11.4 Å². The lowest BCUT2D eigenvalue weighted by Crippen LogP contribution is -2.12. The molecule has 0 aromatic heterocycles. The van der Waals surface area contributed by atoms with Gasteiger partial charge < -0.3 is 10.6 Å². The highest BCUT2D eigenvalue weighted by molar-refractivity contribution is 5.95. The summed E-state index contributed by atoms with van der Waals surface area (Å²) in [5, 5.41) is 14.1. The molecule has 15 heavy (non-hydrogen) atoms. The number of nitrogens with zero attached hydrogens (tertiary/aromatic N) is 1. The topological polar surface area (TPSA) is 64.9 Å². The predicted molar refractivity (Wildman–Crippen MR) is 59.6 cm³/mol. The molecule has 0 atom stereocenters. The molecule has 1 aromatic carbocycles. The van der Waals surface area contributed by atoms with Gasteiger partial charge in [-0.1, -0.05) is 12.1 Å². The van der Waals surface area contributed by atoms with Crippen molar-refractivity contribution in [3.8, 4) is 6.07 Å². The van der Waals surface area contributed by atoms with E-state index in [4.69, 9.17) is 5.26 Å². The number of benzene rings is 1. The van der Waals surface area contributed by atoms with Crippen molar-refractivity contribution in [2.45, 2.75) is 13.3 Å². The number of hydrogen-bond donors (Lipinski definition) is 2. The number of nitriles is 1. The van der Waals surface area contributed by atoms with Gasteiger partial charge in [0.1, 0.15) is 6.42 Å². The van der Waals surface area contributed by atoms with E-state index in [9.17, 15) is 4.79 Å². The minimum atomic E-state index is -0.292. The molecule has 0 saturated heterocycles. The van der Waals surface area contributed by atoms with Gasteiger partial charge in [-0.25, -0.2) is 0 Å². The van der Waals surface area contributed by atoms with Crippen LogP contribution in [-0.4, -0.2) is 13.0 Å². The van der Waals surface area contributed by atoms with Gasteiger partial charge in [0.15, 0.2) is 0 Å². The number of hydrogen-bond acceptors (Lipinski definition) is 3. The molecule has 0 radical (unpaired) electrons. The first-order valence-corrected chi connectivity index (χ1v) is 4.63. The van der Waals surface area contributed by atoms with Gasteiger partial charge in [0.05, 0.1) is 17.4 Å². The molecular weight excluding hydrogens is 190 g/mol. The maximum Gasteiger partial charge on any atom is 0.238 e. The van der Waals surface area contributed by atoms with Crippen LogP contribution in [0.3, 0.4) is 0 Å². The number of amides is 1. The summed E-state index contributed by atoms with van der Waals surface area (Å²) in [5.74, 6) is -0.292. The lowest BCUT2D eigenvalue weighted by atomic mass is 10.1. The fraction of sp³-hybridized carbons (Fsp3) is 0.273. The first kappa shape index (κ1) is 11.1.